The van der Waals surface area contributed by atoms with E-state index in [1.807, 2.05) is 44.2 Å². The molecule has 0 radical (unpaired) electrons. The molecular formula is C40H37N5O. The predicted octanol–water partition coefficient (Wildman–Crippen LogP) is 7.93. The van der Waals surface area contributed by atoms with E-state index in [1.165, 1.54) is 33.4 Å². The first-order valence-electron chi connectivity index (χ1n) is 15.1. The van der Waals surface area contributed by atoms with Crippen LogP contribution < -0.4 is 28.3 Å². The molecule has 6 aromatic rings. The van der Waals surface area contributed by atoms with E-state index < -0.39 is 0 Å². The average molecular weight is 604 g/mol. The summed E-state index contributed by atoms with van der Waals surface area (Å²) in [4.78, 5) is 12.1. The van der Waals surface area contributed by atoms with Crippen LogP contribution in [0.2, 0.25) is 0 Å². The Hall–Kier alpha value is -6.01. The summed E-state index contributed by atoms with van der Waals surface area (Å²) >= 11 is 0. The van der Waals surface area contributed by atoms with Crippen LogP contribution in [0.15, 0.2) is 133 Å². The van der Waals surface area contributed by atoms with E-state index in [0.29, 0.717) is 16.9 Å². The lowest BCUT2D eigenvalue weighted by Gasteiger charge is -2.34. The van der Waals surface area contributed by atoms with Crippen molar-refractivity contribution in [1.29, 1.82) is 0 Å². The Morgan fingerprint density at radius 2 is 1.00 bits per heavy atom. The van der Waals surface area contributed by atoms with E-state index in [9.17, 15) is 4.79 Å². The summed E-state index contributed by atoms with van der Waals surface area (Å²) in [7, 11) is 0. The highest BCUT2D eigenvalue weighted by Crippen LogP contribution is 2.56. The van der Waals surface area contributed by atoms with Gasteiger partial charge in [0.05, 0.1) is 5.41 Å². The number of nitrogens with two attached hydrogens (primary N) is 4. The van der Waals surface area contributed by atoms with Crippen molar-refractivity contribution < 1.29 is 4.79 Å². The van der Waals surface area contributed by atoms with Crippen LogP contribution in [0.4, 0.5) is 28.4 Å². The van der Waals surface area contributed by atoms with Crippen LogP contribution in [-0.4, -0.2) is 5.91 Å². The SMILES string of the molecule is Cc1cc(NC(=O)c2ccc(N)c(C)c2)ccc1N.Nc1ccc(C2(c3ccc(N)cc3)c3ccccc3-c3ccccc32)cc1. The van der Waals surface area contributed by atoms with Gasteiger partial charge in [0.15, 0.2) is 0 Å². The van der Waals surface area contributed by atoms with Gasteiger partial charge in [-0.15, -0.1) is 0 Å². The topological polar surface area (TPSA) is 133 Å². The fraction of sp³-hybridized carbons (Fsp3) is 0.0750. The lowest BCUT2D eigenvalue weighted by Crippen LogP contribution is -2.28. The number of fused-ring (bicyclic) bond motifs is 3. The Morgan fingerprint density at radius 3 is 1.48 bits per heavy atom. The van der Waals surface area contributed by atoms with Gasteiger partial charge in [-0.25, -0.2) is 0 Å². The van der Waals surface area contributed by atoms with Crippen molar-refractivity contribution in [2.75, 3.05) is 28.3 Å². The molecule has 0 heterocycles. The number of nitrogens with one attached hydrogen (secondary N) is 1. The lowest BCUT2D eigenvalue weighted by atomic mass is 9.67. The highest BCUT2D eigenvalue weighted by Gasteiger charge is 2.45. The van der Waals surface area contributed by atoms with Crippen molar-refractivity contribution in [3.63, 3.8) is 0 Å². The summed E-state index contributed by atoms with van der Waals surface area (Å²) in [5, 5.41) is 2.84. The molecule has 0 spiro atoms. The third kappa shape index (κ3) is 5.41. The minimum Gasteiger partial charge on any atom is -0.399 e. The minimum absolute atomic E-state index is 0.160. The predicted molar refractivity (Wildman–Crippen MR) is 192 cm³/mol. The molecule has 0 unspecified atom stereocenters. The molecule has 0 aromatic heterocycles. The highest BCUT2D eigenvalue weighted by molar-refractivity contribution is 6.04. The molecule has 228 valence electrons. The van der Waals surface area contributed by atoms with E-state index >= 15 is 0 Å². The third-order valence-electron chi connectivity index (χ3n) is 8.70. The molecule has 6 heteroatoms. The summed E-state index contributed by atoms with van der Waals surface area (Å²) < 4.78 is 0. The van der Waals surface area contributed by atoms with E-state index in [1.54, 1.807) is 30.3 Å². The molecule has 0 atom stereocenters. The molecule has 6 aromatic carbocycles. The minimum atomic E-state index is -0.380. The first-order valence-corrected chi connectivity index (χ1v) is 15.1. The molecule has 1 aliphatic rings. The second-order valence-corrected chi connectivity index (χ2v) is 11.7. The number of aryl methyl sites for hydroxylation is 2. The van der Waals surface area contributed by atoms with Crippen LogP contribution in [0.5, 0.6) is 0 Å². The number of amides is 1. The van der Waals surface area contributed by atoms with Crippen LogP contribution in [0.3, 0.4) is 0 Å². The van der Waals surface area contributed by atoms with Crippen molar-refractivity contribution in [3.05, 3.63) is 172 Å². The van der Waals surface area contributed by atoms with Crippen LogP contribution in [0.1, 0.15) is 43.7 Å². The molecule has 46 heavy (non-hydrogen) atoms. The van der Waals surface area contributed by atoms with Gasteiger partial charge < -0.3 is 28.3 Å². The van der Waals surface area contributed by atoms with Crippen LogP contribution in [0, 0.1) is 13.8 Å². The van der Waals surface area contributed by atoms with Gasteiger partial charge in [-0.3, -0.25) is 4.79 Å². The Kier molecular flexibility index (Phi) is 7.95. The zero-order valence-corrected chi connectivity index (χ0v) is 25.9. The van der Waals surface area contributed by atoms with E-state index in [-0.39, 0.29) is 11.3 Å². The lowest BCUT2D eigenvalue weighted by molar-refractivity contribution is 0.102. The normalized spacial score (nSPS) is 12.3. The fourth-order valence-corrected chi connectivity index (χ4v) is 6.26. The van der Waals surface area contributed by atoms with Crippen LogP contribution in [0.25, 0.3) is 11.1 Å². The number of nitrogen functional groups attached to an aromatic ring is 4. The van der Waals surface area contributed by atoms with Gasteiger partial charge in [-0.05, 0) is 119 Å². The zero-order chi connectivity index (χ0) is 32.4. The van der Waals surface area contributed by atoms with Gasteiger partial charge in [0, 0.05) is 34.0 Å². The molecule has 6 nitrogen and oxygen atoms in total. The smallest absolute Gasteiger partial charge is 0.255 e. The number of hydrogen-bond donors (Lipinski definition) is 5. The molecule has 7 rings (SSSR count). The maximum Gasteiger partial charge on any atom is 0.255 e. The quantitative estimate of drug-likeness (QED) is 0.130. The van der Waals surface area contributed by atoms with Crippen molar-refractivity contribution in [3.8, 4) is 11.1 Å². The van der Waals surface area contributed by atoms with E-state index in [4.69, 9.17) is 22.9 Å². The van der Waals surface area contributed by atoms with Crippen LogP contribution >= 0.6 is 0 Å². The number of anilines is 5. The molecule has 1 amide bonds. The number of hydrogen-bond acceptors (Lipinski definition) is 5. The van der Waals surface area contributed by atoms with Gasteiger partial charge in [0.1, 0.15) is 0 Å². The zero-order valence-electron chi connectivity index (χ0n) is 25.9. The largest absolute Gasteiger partial charge is 0.399 e. The highest BCUT2D eigenvalue weighted by atomic mass is 16.1. The number of benzene rings is 6. The van der Waals surface area contributed by atoms with Crippen LogP contribution in [-0.2, 0) is 5.41 Å². The Labute approximate surface area is 269 Å². The average Bonchev–Trinajstić information content (AvgIpc) is 3.36. The fourth-order valence-electron chi connectivity index (χ4n) is 6.26. The Balaban J connectivity index is 0.000000173. The number of carbonyl (C=O) groups is 1. The van der Waals surface area contributed by atoms with Crippen molar-refractivity contribution >= 4 is 34.3 Å². The van der Waals surface area contributed by atoms with Gasteiger partial charge in [0.2, 0.25) is 0 Å². The first-order chi connectivity index (χ1) is 22.2. The van der Waals surface area contributed by atoms with Gasteiger partial charge in [-0.1, -0.05) is 72.8 Å². The molecular weight excluding hydrogens is 566 g/mol. The summed E-state index contributed by atoms with van der Waals surface area (Å²) in [5.74, 6) is -0.160. The molecule has 0 saturated carbocycles. The summed E-state index contributed by atoms with van der Waals surface area (Å²) in [6.45, 7) is 3.78. The monoisotopic (exact) mass is 603 g/mol. The van der Waals surface area contributed by atoms with Gasteiger partial charge in [0.25, 0.3) is 5.91 Å². The van der Waals surface area contributed by atoms with Crippen molar-refractivity contribution in [2.24, 2.45) is 0 Å². The second kappa shape index (κ2) is 12.2. The standard InChI is InChI=1S/C25H20N2.C15H17N3O/c26-19-13-9-17(10-14-19)25(18-11-15-20(27)16-12-18)23-7-3-1-5-21(23)22-6-2-4-8-24(22)25;1-9-7-11(3-5-13(9)16)15(19)18-12-4-6-14(17)10(2)8-12/h1-16H,26-27H2;3-8H,16-17H2,1-2H3,(H,18,19). The molecule has 0 aliphatic heterocycles. The molecule has 9 N–H and O–H groups in total. The summed E-state index contributed by atoms with van der Waals surface area (Å²) in [5.41, 5.74) is 36.7. The number of rotatable bonds is 4. The summed E-state index contributed by atoms with van der Waals surface area (Å²) in [6, 6.07) is 44.5. The second-order valence-electron chi connectivity index (χ2n) is 11.7. The maximum atomic E-state index is 12.1. The van der Waals surface area contributed by atoms with Gasteiger partial charge >= 0.3 is 0 Å². The molecule has 0 bridgehead atoms. The Morgan fingerprint density at radius 1 is 0.543 bits per heavy atom. The molecule has 0 fully saturated rings. The molecule has 1 aliphatic carbocycles. The molecule has 0 saturated heterocycles. The van der Waals surface area contributed by atoms with E-state index in [2.05, 4.69) is 78.1 Å². The third-order valence-corrected chi connectivity index (χ3v) is 8.70. The van der Waals surface area contributed by atoms with Crippen molar-refractivity contribution in [1.82, 2.24) is 0 Å². The maximum absolute atomic E-state index is 12.1. The van der Waals surface area contributed by atoms with Crippen molar-refractivity contribution in [2.45, 2.75) is 19.3 Å². The van der Waals surface area contributed by atoms with Gasteiger partial charge in [-0.2, -0.15) is 0 Å². The Bertz CT molecular complexity index is 1960. The first kappa shape index (κ1) is 30.0. The summed E-state index contributed by atoms with van der Waals surface area (Å²) in [6.07, 6.45) is 0. The number of carbonyl (C=O) groups excluding carboxylic acids is 1. The van der Waals surface area contributed by atoms with E-state index in [0.717, 1.165) is 28.2 Å².